The Hall–Kier alpha value is -1.11. The predicted octanol–water partition coefficient (Wildman–Crippen LogP) is 4.82. The average Bonchev–Trinajstić information content (AvgIpc) is 2.37. The van der Waals surface area contributed by atoms with Crippen LogP contribution in [0.4, 0.5) is 0 Å². The van der Waals surface area contributed by atoms with Crippen molar-refractivity contribution in [3.05, 3.63) is 35.9 Å². The summed E-state index contributed by atoms with van der Waals surface area (Å²) >= 11 is 0. The summed E-state index contributed by atoms with van der Waals surface area (Å²) in [4.78, 5) is 12.4. The predicted molar refractivity (Wildman–Crippen MR) is 77.7 cm³/mol. The van der Waals surface area contributed by atoms with Gasteiger partial charge in [0.2, 0.25) is 0 Å². The van der Waals surface area contributed by atoms with Gasteiger partial charge in [0.25, 0.3) is 0 Å². The lowest BCUT2D eigenvalue weighted by Crippen LogP contribution is -2.20. The van der Waals surface area contributed by atoms with Crippen molar-refractivity contribution >= 4 is 5.78 Å². The van der Waals surface area contributed by atoms with E-state index in [1.807, 2.05) is 18.2 Å². The molecule has 0 aliphatic heterocycles. The first kappa shape index (κ1) is 14.9. The largest absolute Gasteiger partial charge is 0.299 e. The summed E-state index contributed by atoms with van der Waals surface area (Å²) in [5.41, 5.74) is 1.18. The molecule has 18 heavy (non-hydrogen) atoms. The Bertz CT molecular complexity index is 353. The van der Waals surface area contributed by atoms with E-state index in [1.165, 1.54) is 5.56 Å². The molecule has 0 aliphatic carbocycles. The Kier molecular flexibility index (Phi) is 6.11. The molecule has 2 atom stereocenters. The highest BCUT2D eigenvalue weighted by Crippen LogP contribution is 2.29. The number of rotatable bonds is 7. The molecule has 0 N–H and O–H groups in total. The summed E-state index contributed by atoms with van der Waals surface area (Å²) in [6, 6.07) is 10.2. The molecule has 2 unspecified atom stereocenters. The Balaban J connectivity index is 2.82. The van der Waals surface area contributed by atoms with Crippen molar-refractivity contribution in [1.82, 2.24) is 0 Å². The maximum Gasteiger partial charge on any atom is 0.140 e. The van der Waals surface area contributed by atoms with Crippen LogP contribution >= 0.6 is 0 Å². The standard InChI is InChI=1S/C17H26O/c1-5-14(4)17(15-9-7-6-8-10-15)16(18)12-11-13(2)3/h6-10,13-14,17H,5,11-12H2,1-4H3. The van der Waals surface area contributed by atoms with Crippen molar-refractivity contribution in [3.8, 4) is 0 Å². The van der Waals surface area contributed by atoms with Crippen LogP contribution in [0.15, 0.2) is 30.3 Å². The van der Waals surface area contributed by atoms with Crippen LogP contribution in [0.5, 0.6) is 0 Å². The van der Waals surface area contributed by atoms with Crippen LogP contribution in [0.3, 0.4) is 0 Å². The smallest absolute Gasteiger partial charge is 0.140 e. The number of benzene rings is 1. The highest BCUT2D eigenvalue weighted by molar-refractivity contribution is 5.86. The maximum atomic E-state index is 12.4. The van der Waals surface area contributed by atoms with Gasteiger partial charge in [0.15, 0.2) is 0 Å². The summed E-state index contributed by atoms with van der Waals surface area (Å²) in [6.45, 7) is 8.70. The van der Waals surface area contributed by atoms with Crippen LogP contribution in [0, 0.1) is 11.8 Å². The quantitative estimate of drug-likeness (QED) is 0.674. The summed E-state index contributed by atoms with van der Waals surface area (Å²) in [6.07, 6.45) is 2.76. The van der Waals surface area contributed by atoms with Gasteiger partial charge in [0.05, 0.1) is 0 Å². The molecule has 100 valence electrons. The van der Waals surface area contributed by atoms with E-state index in [-0.39, 0.29) is 5.92 Å². The van der Waals surface area contributed by atoms with Gasteiger partial charge in [0, 0.05) is 12.3 Å². The Morgan fingerprint density at radius 3 is 2.22 bits per heavy atom. The van der Waals surface area contributed by atoms with Crippen molar-refractivity contribution in [2.45, 2.75) is 52.9 Å². The fraction of sp³-hybridized carbons (Fsp3) is 0.588. The minimum absolute atomic E-state index is 0.0787. The molecule has 0 fully saturated rings. The molecule has 0 bridgehead atoms. The van der Waals surface area contributed by atoms with Crippen LogP contribution in [-0.4, -0.2) is 5.78 Å². The molecule has 0 heterocycles. The summed E-state index contributed by atoms with van der Waals surface area (Å²) in [7, 11) is 0. The molecule has 0 radical (unpaired) electrons. The van der Waals surface area contributed by atoms with Gasteiger partial charge < -0.3 is 0 Å². The van der Waals surface area contributed by atoms with Crippen LogP contribution in [-0.2, 0) is 4.79 Å². The second-order valence-electron chi connectivity index (χ2n) is 5.67. The van der Waals surface area contributed by atoms with Gasteiger partial charge in [-0.2, -0.15) is 0 Å². The zero-order valence-corrected chi connectivity index (χ0v) is 12.1. The molecular weight excluding hydrogens is 220 g/mol. The molecule has 0 amide bonds. The molecule has 0 aromatic heterocycles. The minimum Gasteiger partial charge on any atom is -0.299 e. The van der Waals surface area contributed by atoms with Gasteiger partial charge in [-0.05, 0) is 23.8 Å². The lowest BCUT2D eigenvalue weighted by atomic mass is 9.80. The topological polar surface area (TPSA) is 17.1 Å². The molecule has 0 aliphatic rings. The first-order valence-corrected chi connectivity index (χ1v) is 7.13. The van der Waals surface area contributed by atoms with E-state index in [0.29, 0.717) is 24.0 Å². The molecule has 1 rings (SSSR count). The molecule has 0 spiro atoms. The van der Waals surface area contributed by atoms with E-state index in [9.17, 15) is 4.79 Å². The SMILES string of the molecule is CCC(C)C(C(=O)CCC(C)C)c1ccccc1. The van der Waals surface area contributed by atoms with Crippen molar-refractivity contribution in [1.29, 1.82) is 0 Å². The van der Waals surface area contributed by atoms with Gasteiger partial charge in [-0.25, -0.2) is 0 Å². The summed E-state index contributed by atoms with van der Waals surface area (Å²) in [5.74, 6) is 1.51. The summed E-state index contributed by atoms with van der Waals surface area (Å²) in [5, 5.41) is 0. The molecule has 1 nitrogen and oxygen atoms in total. The monoisotopic (exact) mass is 246 g/mol. The number of carbonyl (C=O) groups excluding carboxylic acids is 1. The second kappa shape index (κ2) is 7.35. The third kappa shape index (κ3) is 4.29. The van der Waals surface area contributed by atoms with E-state index in [4.69, 9.17) is 0 Å². The maximum absolute atomic E-state index is 12.4. The third-order valence-electron chi connectivity index (χ3n) is 3.69. The van der Waals surface area contributed by atoms with E-state index in [2.05, 4.69) is 39.8 Å². The molecular formula is C17H26O. The van der Waals surface area contributed by atoms with Crippen molar-refractivity contribution < 1.29 is 4.79 Å². The first-order valence-electron chi connectivity index (χ1n) is 7.13. The van der Waals surface area contributed by atoms with Crippen molar-refractivity contribution in [2.24, 2.45) is 11.8 Å². The Morgan fingerprint density at radius 1 is 1.11 bits per heavy atom. The number of Topliss-reactive ketones (excluding diaryl/α,β-unsaturated/α-hetero) is 1. The fourth-order valence-electron chi connectivity index (χ4n) is 2.31. The molecule has 1 aromatic rings. The highest BCUT2D eigenvalue weighted by Gasteiger charge is 2.25. The number of hydrogen-bond acceptors (Lipinski definition) is 1. The van der Waals surface area contributed by atoms with Crippen LogP contribution in [0.1, 0.15) is 58.4 Å². The molecule has 1 aromatic carbocycles. The number of hydrogen-bond donors (Lipinski definition) is 0. The number of carbonyl (C=O) groups is 1. The van der Waals surface area contributed by atoms with E-state index in [0.717, 1.165) is 12.8 Å². The lowest BCUT2D eigenvalue weighted by Gasteiger charge is -2.22. The zero-order valence-electron chi connectivity index (χ0n) is 12.1. The first-order chi connectivity index (χ1) is 8.56. The third-order valence-corrected chi connectivity index (χ3v) is 3.69. The van der Waals surface area contributed by atoms with Gasteiger partial charge in [-0.15, -0.1) is 0 Å². The van der Waals surface area contributed by atoms with Crippen LogP contribution in [0.2, 0.25) is 0 Å². The van der Waals surface area contributed by atoms with E-state index >= 15 is 0 Å². The zero-order chi connectivity index (χ0) is 13.5. The van der Waals surface area contributed by atoms with Crippen LogP contribution in [0.25, 0.3) is 0 Å². The van der Waals surface area contributed by atoms with Gasteiger partial charge in [-0.1, -0.05) is 64.4 Å². The molecule has 1 heteroatoms. The van der Waals surface area contributed by atoms with Gasteiger partial charge >= 0.3 is 0 Å². The number of ketones is 1. The van der Waals surface area contributed by atoms with Crippen molar-refractivity contribution in [2.75, 3.05) is 0 Å². The van der Waals surface area contributed by atoms with E-state index in [1.54, 1.807) is 0 Å². The van der Waals surface area contributed by atoms with E-state index < -0.39 is 0 Å². The van der Waals surface area contributed by atoms with Crippen LogP contribution < -0.4 is 0 Å². The minimum atomic E-state index is 0.0787. The Labute approximate surface area is 112 Å². The van der Waals surface area contributed by atoms with Gasteiger partial charge in [0.1, 0.15) is 5.78 Å². The average molecular weight is 246 g/mol. The molecule has 0 saturated heterocycles. The second-order valence-corrected chi connectivity index (χ2v) is 5.67. The van der Waals surface area contributed by atoms with Gasteiger partial charge in [-0.3, -0.25) is 4.79 Å². The molecule has 0 saturated carbocycles. The Morgan fingerprint density at radius 2 is 1.72 bits per heavy atom. The normalized spacial score (nSPS) is 14.5. The summed E-state index contributed by atoms with van der Waals surface area (Å²) < 4.78 is 0. The lowest BCUT2D eigenvalue weighted by molar-refractivity contribution is -0.121. The fourth-order valence-corrected chi connectivity index (χ4v) is 2.31. The highest BCUT2D eigenvalue weighted by atomic mass is 16.1. The van der Waals surface area contributed by atoms with Crippen molar-refractivity contribution in [3.63, 3.8) is 0 Å².